The van der Waals surface area contributed by atoms with Crippen molar-refractivity contribution in [1.82, 2.24) is 15.0 Å². The van der Waals surface area contributed by atoms with Crippen molar-refractivity contribution >= 4 is 5.78 Å². The van der Waals surface area contributed by atoms with Crippen LogP contribution in [0.3, 0.4) is 0 Å². The second-order valence-electron chi connectivity index (χ2n) is 6.22. The van der Waals surface area contributed by atoms with Crippen LogP contribution in [0.25, 0.3) is 0 Å². The van der Waals surface area contributed by atoms with Crippen LogP contribution in [-0.2, 0) is 15.1 Å². The first kappa shape index (κ1) is 15.8. The molecule has 1 rings (SSSR count). The third-order valence-corrected chi connectivity index (χ3v) is 3.33. The van der Waals surface area contributed by atoms with Crippen molar-refractivity contribution in [2.75, 3.05) is 6.61 Å². The van der Waals surface area contributed by atoms with Crippen LogP contribution >= 0.6 is 0 Å². The lowest BCUT2D eigenvalue weighted by Crippen LogP contribution is -2.32. The lowest BCUT2D eigenvalue weighted by molar-refractivity contribution is -0.119. The Balaban J connectivity index is 2.39. The summed E-state index contributed by atoms with van der Waals surface area (Å²) in [6.07, 6.45) is 5.71. The normalized spacial score (nSPS) is 12.7. The van der Waals surface area contributed by atoms with Gasteiger partial charge in [-0.1, -0.05) is 5.21 Å². The maximum atomic E-state index is 11.0. The van der Waals surface area contributed by atoms with Gasteiger partial charge in [0, 0.05) is 19.2 Å². The number of hydrogen-bond acceptors (Lipinski definition) is 4. The molecule has 5 nitrogen and oxygen atoms in total. The van der Waals surface area contributed by atoms with Gasteiger partial charge in [0.2, 0.25) is 0 Å². The summed E-state index contributed by atoms with van der Waals surface area (Å²) in [5.41, 5.74) is -0.378. The van der Waals surface area contributed by atoms with Gasteiger partial charge < -0.3 is 9.53 Å². The first-order valence-corrected chi connectivity index (χ1v) is 6.73. The smallest absolute Gasteiger partial charge is 0.129 e. The maximum Gasteiger partial charge on any atom is 0.129 e. The van der Waals surface area contributed by atoms with E-state index in [9.17, 15) is 4.79 Å². The van der Waals surface area contributed by atoms with Gasteiger partial charge in [-0.25, -0.2) is 4.68 Å². The third kappa shape index (κ3) is 5.51. The number of ether oxygens (including phenoxy) is 1. The summed E-state index contributed by atoms with van der Waals surface area (Å²) in [5, 5.41) is 7.86. The van der Waals surface area contributed by atoms with Crippen LogP contribution in [0.15, 0.2) is 12.4 Å². The predicted octanol–water partition coefficient (Wildman–Crippen LogP) is 2.57. The van der Waals surface area contributed by atoms with Gasteiger partial charge in [0.15, 0.2) is 0 Å². The van der Waals surface area contributed by atoms with Crippen LogP contribution in [0.5, 0.6) is 0 Å². The maximum absolute atomic E-state index is 11.0. The molecule has 1 aromatic rings. The Bertz CT molecular complexity index is 397. The highest BCUT2D eigenvalue weighted by molar-refractivity contribution is 5.75. The van der Waals surface area contributed by atoms with Crippen LogP contribution in [0.2, 0.25) is 0 Å². The van der Waals surface area contributed by atoms with Crippen molar-refractivity contribution in [2.45, 2.75) is 65.0 Å². The van der Waals surface area contributed by atoms with E-state index in [4.69, 9.17) is 4.74 Å². The average Bonchev–Trinajstić information content (AvgIpc) is 2.80. The van der Waals surface area contributed by atoms with E-state index in [1.165, 1.54) is 0 Å². The second-order valence-corrected chi connectivity index (χ2v) is 6.22. The number of carbonyl (C=O) groups excluding carboxylic acids is 1. The molecule has 0 aliphatic heterocycles. The quantitative estimate of drug-likeness (QED) is 0.726. The molecular weight excluding hydrogens is 242 g/mol. The Hall–Kier alpha value is -1.23. The number of Topliss-reactive ketones (excluding diaryl/α,β-unsaturated/α-hetero) is 1. The fraction of sp³-hybridized carbons (Fsp3) is 0.786. The average molecular weight is 267 g/mol. The van der Waals surface area contributed by atoms with Crippen LogP contribution in [-0.4, -0.2) is 33.0 Å². The van der Waals surface area contributed by atoms with Crippen LogP contribution in [0.1, 0.15) is 53.9 Å². The molecule has 0 saturated carbocycles. The molecule has 0 N–H and O–H groups in total. The van der Waals surface area contributed by atoms with Gasteiger partial charge in [-0.3, -0.25) is 0 Å². The van der Waals surface area contributed by atoms with Crippen molar-refractivity contribution in [1.29, 1.82) is 0 Å². The van der Waals surface area contributed by atoms with E-state index in [1.54, 1.807) is 13.1 Å². The van der Waals surface area contributed by atoms with E-state index < -0.39 is 0 Å². The van der Waals surface area contributed by atoms with Gasteiger partial charge in [-0.2, -0.15) is 0 Å². The zero-order valence-corrected chi connectivity index (χ0v) is 12.6. The number of carbonyl (C=O) groups is 1. The van der Waals surface area contributed by atoms with Crippen LogP contribution in [0, 0.1) is 0 Å². The summed E-state index contributed by atoms with van der Waals surface area (Å²) in [4.78, 5) is 11.0. The van der Waals surface area contributed by atoms with E-state index in [0.29, 0.717) is 13.0 Å². The minimum atomic E-state index is -0.260. The first-order chi connectivity index (χ1) is 8.73. The predicted molar refractivity (Wildman–Crippen MR) is 73.9 cm³/mol. The molecule has 1 aromatic heterocycles. The molecule has 0 amide bonds. The molecule has 0 spiro atoms. The van der Waals surface area contributed by atoms with Crippen LogP contribution in [0.4, 0.5) is 0 Å². The van der Waals surface area contributed by atoms with Crippen molar-refractivity contribution in [2.24, 2.45) is 0 Å². The van der Waals surface area contributed by atoms with E-state index in [2.05, 4.69) is 24.2 Å². The van der Waals surface area contributed by atoms with Crippen LogP contribution < -0.4 is 0 Å². The van der Waals surface area contributed by atoms with Crippen molar-refractivity contribution < 1.29 is 9.53 Å². The highest BCUT2D eigenvalue weighted by atomic mass is 16.5. The van der Waals surface area contributed by atoms with Gasteiger partial charge in [0.05, 0.1) is 17.3 Å². The molecule has 1 heterocycles. The third-order valence-electron chi connectivity index (χ3n) is 3.33. The summed E-state index contributed by atoms with van der Waals surface area (Å²) in [5.74, 6) is 0.208. The van der Waals surface area contributed by atoms with E-state index >= 15 is 0 Å². The Labute approximate surface area is 115 Å². The molecule has 0 aliphatic carbocycles. The lowest BCUT2D eigenvalue weighted by Gasteiger charge is -2.29. The van der Waals surface area contributed by atoms with E-state index in [0.717, 1.165) is 12.8 Å². The van der Waals surface area contributed by atoms with Gasteiger partial charge in [0.25, 0.3) is 0 Å². The minimum absolute atomic E-state index is 0.118. The molecular formula is C14H25N3O2. The Morgan fingerprint density at radius 2 is 1.95 bits per heavy atom. The van der Waals surface area contributed by atoms with Gasteiger partial charge in [0.1, 0.15) is 5.78 Å². The number of aromatic nitrogens is 3. The number of hydrogen-bond donors (Lipinski definition) is 0. The van der Waals surface area contributed by atoms with E-state index in [-0.39, 0.29) is 16.9 Å². The zero-order chi connectivity index (χ0) is 14.5. The fourth-order valence-corrected chi connectivity index (χ4v) is 1.77. The summed E-state index contributed by atoms with van der Waals surface area (Å²) in [6.45, 7) is 10.5. The Morgan fingerprint density at radius 3 is 2.47 bits per heavy atom. The summed E-state index contributed by atoms with van der Waals surface area (Å²) in [7, 11) is 0. The van der Waals surface area contributed by atoms with E-state index in [1.807, 2.05) is 24.7 Å². The summed E-state index contributed by atoms with van der Waals surface area (Å²) >= 11 is 0. The molecule has 0 fully saturated rings. The second kappa shape index (κ2) is 6.28. The fourth-order valence-electron chi connectivity index (χ4n) is 1.77. The SMILES string of the molecule is CC(=O)CCC(C)(C)OCCC(C)(C)n1ccnn1. The molecule has 0 unspecified atom stereocenters. The molecule has 0 radical (unpaired) electrons. The van der Waals surface area contributed by atoms with Gasteiger partial charge >= 0.3 is 0 Å². The Kier molecular flexibility index (Phi) is 5.23. The molecule has 19 heavy (non-hydrogen) atoms. The van der Waals surface area contributed by atoms with Gasteiger partial charge in [-0.05, 0) is 47.5 Å². The molecule has 0 aliphatic rings. The summed E-state index contributed by atoms with van der Waals surface area (Å²) in [6, 6.07) is 0. The number of ketones is 1. The minimum Gasteiger partial charge on any atom is -0.375 e. The van der Waals surface area contributed by atoms with Crippen molar-refractivity contribution in [3.8, 4) is 0 Å². The highest BCUT2D eigenvalue weighted by Gasteiger charge is 2.24. The number of rotatable bonds is 8. The monoisotopic (exact) mass is 267 g/mol. The molecule has 0 aromatic carbocycles. The highest BCUT2D eigenvalue weighted by Crippen LogP contribution is 2.22. The summed E-state index contributed by atoms with van der Waals surface area (Å²) < 4.78 is 7.75. The molecule has 108 valence electrons. The molecule has 0 atom stereocenters. The first-order valence-electron chi connectivity index (χ1n) is 6.73. The largest absolute Gasteiger partial charge is 0.375 e. The zero-order valence-electron chi connectivity index (χ0n) is 12.6. The lowest BCUT2D eigenvalue weighted by atomic mass is 9.99. The van der Waals surface area contributed by atoms with Crippen molar-refractivity contribution in [3.63, 3.8) is 0 Å². The standard InChI is InChI=1S/C14H25N3O2/c1-12(18)6-7-14(4,5)19-11-8-13(2,3)17-10-9-15-16-17/h9-10H,6-8,11H2,1-5H3. The number of nitrogens with zero attached hydrogens (tertiary/aromatic N) is 3. The molecule has 5 heteroatoms. The topological polar surface area (TPSA) is 57.0 Å². The molecule has 0 saturated heterocycles. The molecule has 0 bridgehead atoms. The van der Waals surface area contributed by atoms with Crippen molar-refractivity contribution in [3.05, 3.63) is 12.4 Å². The van der Waals surface area contributed by atoms with Gasteiger partial charge in [-0.15, -0.1) is 5.10 Å². The Morgan fingerprint density at radius 1 is 1.26 bits per heavy atom.